The van der Waals surface area contributed by atoms with Crippen LogP contribution < -0.4 is 0 Å². The van der Waals surface area contributed by atoms with Gasteiger partial charge in [-0.05, 0) is 71.6 Å². The fourth-order valence-corrected chi connectivity index (χ4v) is 5.18. The Hall–Kier alpha value is -3.16. The lowest BCUT2D eigenvalue weighted by atomic mass is 9.93. The molecule has 6 aromatic carbocycles. The summed E-state index contributed by atoms with van der Waals surface area (Å²) in [5, 5.41) is 14.1. The Morgan fingerprint density at radius 2 is 1.11 bits per heavy atom. The summed E-state index contributed by atoms with van der Waals surface area (Å²) < 4.78 is 0. The van der Waals surface area contributed by atoms with Gasteiger partial charge in [-0.25, -0.2) is 0 Å². The van der Waals surface area contributed by atoms with E-state index in [4.69, 9.17) is 11.6 Å². The maximum Gasteiger partial charge on any atom is 0.0515 e. The molecule has 1 heterocycles. The molecule has 0 amide bonds. The molecule has 0 aliphatic rings. The molecule has 0 aliphatic heterocycles. The summed E-state index contributed by atoms with van der Waals surface area (Å²) in [6.45, 7) is 0. The SMILES string of the molecule is Clc1ccncc1-c1cc2ccc3ccc4ccc5ccc1c1c5c4c3c21. The number of halogens is 1. The summed E-state index contributed by atoms with van der Waals surface area (Å²) in [4.78, 5) is 4.33. The molecule has 0 saturated carbocycles. The van der Waals surface area contributed by atoms with Crippen molar-refractivity contribution in [2.45, 2.75) is 0 Å². The van der Waals surface area contributed by atoms with Crippen LogP contribution in [0.15, 0.2) is 73.1 Å². The Labute approximate surface area is 159 Å². The fourth-order valence-electron chi connectivity index (χ4n) is 4.97. The van der Waals surface area contributed by atoms with Gasteiger partial charge in [0.25, 0.3) is 0 Å². The first kappa shape index (κ1) is 14.0. The van der Waals surface area contributed by atoms with Gasteiger partial charge < -0.3 is 0 Å². The second-order valence-corrected chi connectivity index (χ2v) is 7.76. The van der Waals surface area contributed by atoms with Crippen molar-refractivity contribution in [3.63, 3.8) is 0 Å². The number of hydrogen-bond acceptors (Lipinski definition) is 1. The zero-order valence-corrected chi connectivity index (χ0v) is 15.0. The lowest BCUT2D eigenvalue weighted by Gasteiger charge is -2.12. The smallest absolute Gasteiger partial charge is 0.0515 e. The topological polar surface area (TPSA) is 12.9 Å². The zero-order valence-electron chi connectivity index (χ0n) is 14.3. The van der Waals surface area contributed by atoms with E-state index in [1.54, 1.807) is 6.20 Å². The quantitative estimate of drug-likeness (QED) is 0.276. The third kappa shape index (κ3) is 1.56. The van der Waals surface area contributed by atoms with E-state index >= 15 is 0 Å². The summed E-state index contributed by atoms with van der Waals surface area (Å²) in [6, 6.07) is 22.1. The minimum absolute atomic E-state index is 0.738. The molecular weight excluding hydrogens is 350 g/mol. The predicted molar refractivity (Wildman–Crippen MR) is 116 cm³/mol. The first-order chi connectivity index (χ1) is 13.3. The average Bonchev–Trinajstić information content (AvgIpc) is 3.08. The highest BCUT2D eigenvalue weighted by Crippen LogP contribution is 2.50. The second kappa shape index (κ2) is 4.57. The fraction of sp³-hybridized carbons (Fsp3) is 0. The largest absolute Gasteiger partial charge is 0.264 e. The maximum atomic E-state index is 6.55. The monoisotopic (exact) mass is 361 g/mol. The molecule has 7 rings (SSSR count). The van der Waals surface area contributed by atoms with Gasteiger partial charge in [0.1, 0.15) is 0 Å². The van der Waals surface area contributed by atoms with Gasteiger partial charge in [0.2, 0.25) is 0 Å². The molecular formula is C25H12ClN. The third-order valence-corrected chi connectivity index (χ3v) is 6.41. The van der Waals surface area contributed by atoms with E-state index in [-0.39, 0.29) is 0 Å². The molecule has 0 unspecified atom stereocenters. The maximum absolute atomic E-state index is 6.55. The molecule has 0 spiro atoms. The minimum Gasteiger partial charge on any atom is -0.264 e. The lowest BCUT2D eigenvalue weighted by molar-refractivity contribution is 1.33. The molecule has 0 atom stereocenters. The molecule has 7 aromatic rings. The number of hydrogen-bond donors (Lipinski definition) is 0. The van der Waals surface area contributed by atoms with Crippen molar-refractivity contribution in [3.8, 4) is 11.1 Å². The zero-order chi connectivity index (χ0) is 17.7. The van der Waals surface area contributed by atoms with Gasteiger partial charge >= 0.3 is 0 Å². The van der Waals surface area contributed by atoms with Crippen molar-refractivity contribution in [1.29, 1.82) is 0 Å². The Bertz CT molecular complexity index is 1590. The van der Waals surface area contributed by atoms with Crippen LogP contribution in [0.5, 0.6) is 0 Å². The number of rotatable bonds is 1. The molecule has 1 nitrogen and oxygen atoms in total. The summed E-state index contributed by atoms with van der Waals surface area (Å²) in [5.41, 5.74) is 2.14. The van der Waals surface area contributed by atoms with Gasteiger partial charge in [0.15, 0.2) is 0 Å². The van der Waals surface area contributed by atoms with Crippen LogP contribution in [0.1, 0.15) is 0 Å². The van der Waals surface area contributed by atoms with Crippen LogP contribution in [-0.4, -0.2) is 4.98 Å². The van der Waals surface area contributed by atoms with Crippen LogP contribution in [-0.2, 0) is 0 Å². The lowest BCUT2D eigenvalue weighted by Crippen LogP contribution is -1.86. The van der Waals surface area contributed by atoms with Gasteiger partial charge in [-0.3, -0.25) is 4.98 Å². The Kier molecular flexibility index (Phi) is 2.36. The van der Waals surface area contributed by atoms with Crippen molar-refractivity contribution in [1.82, 2.24) is 4.98 Å². The van der Waals surface area contributed by atoms with E-state index in [0.29, 0.717) is 0 Å². The van der Waals surface area contributed by atoms with E-state index < -0.39 is 0 Å². The second-order valence-electron chi connectivity index (χ2n) is 7.36. The van der Waals surface area contributed by atoms with E-state index in [2.05, 4.69) is 59.6 Å². The van der Waals surface area contributed by atoms with Crippen LogP contribution in [0.3, 0.4) is 0 Å². The summed E-state index contributed by atoms with van der Waals surface area (Å²) in [5.74, 6) is 0. The molecule has 0 aliphatic carbocycles. The van der Waals surface area contributed by atoms with E-state index in [1.807, 2.05) is 12.3 Å². The van der Waals surface area contributed by atoms with E-state index in [0.717, 1.165) is 16.1 Å². The highest BCUT2D eigenvalue weighted by Gasteiger charge is 2.22. The van der Waals surface area contributed by atoms with E-state index in [9.17, 15) is 0 Å². The van der Waals surface area contributed by atoms with Crippen molar-refractivity contribution >= 4 is 65.5 Å². The number of benzene rings is 5. The number of aromatic nitrogens is 1. The molecule has 27 heavy (non-hydrogen) atoms. The van der Waals surface area contributed by atoms with Gasteiger partial charge in [-0.1, -0.05) is 60.1 Å². The molecule has 0 radical (unpaired) electrons. The van der Waals surface area contributed by atoms with Gasteiger partial charge in [0.05, 0.1) is 5.02 Å². The molecule has 0 fully saturated rings. The predicted octanol–water partition coefficient (Wildman–Crippen LogP) is 7.48. The molecule has 1 aromatic heterocycles. The standard InChI is InChI=1S/C25H12ClN/c26-20-9-10-27-12-19(20)18-11-16-6-5-14-2-1-13-3-4-15-7-8-17(18)25-23(15)21(13)22(14)24(16)25/h1-12H. The van der Waals surface area contributed by atoms with Crippen LogP contribution >= 0.6 is 11.6 Å². The summed E-state index contributed by atoms with van der Waals surface area (Å²) >= 11 is 6.55. The van der Waals surface area contributed by atoms with Crippen molar-refractivity contribution < 1.29 is 0 Å². The Morgan fingerprint density at radius 1 is 0.556 bits per heavy atom. The van der Waals surface area contributed by atoms with E-state index in [1.165, 1.54) is 53.9 Å². The van der Waals surface area contributed by atoms with Crippen molar-refractivity contribution in [2.24, 2.45) is 0 Å². The molecule has 124 valence electrons. The first-order valence-electron chi connectivity index (χ1n) is 9.09. The van der Waals surface area contributed by atoms with Crippen LogP contribution in [0.4, 0.5) is 0 Å². The van der Waals surface area contributed by atoms with Crippen LogP contribution in [0, 0.1) is 0 Å². The Morgan fingerprint density at radius 3 is 1.78 bits per heavy atom. The molecule has 2 heteroatoms. The molecule has 0 saturated heterocycles. The van der Waals surface area contributed by atoms with Crippen molar-refractivity contribution in [3.05, 3.63) is 78.1 Å². The normalized spacial score (nSPS) is 12.6. The van der Waals surface area contributed by atoms with Crippen molar-refractivity contribution in [2.75, 3.05) is 0 Å². The number of pyridine rings is 1. The minimum atomic E-state index is 0.738. The summed E-state index contributed by atoms with van der Waals surface area (Å²) in [6.07, 6.45) is 3.61. The highest BCUT2D eigenvalue weighted by molar-refractivity contribution is 6.45. The molecule has 0 N–H and O–H groups in total. The third-order valence-electron chi connectivity index (χ3n) is 6.08. The highest BCUT2D eigenvalue weighted by atomic mass is 35.5. The van der Waals surface area contributed by atoms with Gasteiger partial charge in [0, 0.05) is 18.0 Å². The molecule has 0 bridgehead atoms. The van der Waals surface area contributed by atoms with Gasteiger partial charge in [-0.15, -0.1) is 0 Å². The first-order valence-corrected chi connectivity index (χ1v) is 9.46. The Balaban J connectivity index is 1.86. The average molecular weight is 362 g/mol. The van der Waals surface area contributed by atoms with Crippen LogP contribution in [0.2, 0.25) is 5.02 Å². The van der Waals surface area contributed by atoms with Gasteiger partial charge in [-0.2, -0.15) is 0 Å². The number of nitrogens with zero attached hydrogens (tertiary/aromatic N) is 1. The summed E-state index contributed by atoms with van der Waals surface area (Å²) in [7, 11) is 0. The van der Waals surface area contributed by atoms with Crippen LogP contribution in [0.25, 0.3) is 65.0 Å².